The SMILES string of the molecule is Cc1cc(C)cc(B([O-])[O-])c1.[Mg+2]. The van der Waals surface area contributed by atoms with Crippen LogP contribution in [0.1, 0.15) is 11.1 Å². The van der Waals surface area contributed by atoms with Crippen molar-refractivity contribution in [3.8, 4) is 0 Å². The Hall–Kier alpha value is -0.0288. The van der Waals surface area contributed by atoms with Gasteiger partial charge in [-0.25, -0.2) is 0 Å². The Bertz CT molecular complexity index is 243. The molecule has 12 heavy (non-hydrogen) atoms. The van der Waals surface area contributed by atoms with Crippen LogP contribution >= 0.6 is 0 Å². The molecule has 0 aliphatic rings. The molecule has 1 aromatic rings. The zero-order valence-corrected chi connectivity index (χ0v) is 8.75. The molecular weight excluding hydrogens is 163 g/mol. The van der Waals surface area contributed by atoms with Crippen LogP contribution < -0.4 is 15.5 Å². The Morgan fingerprint density at radius 3 is 1.75 bits per heavy atom. The molecule has 1 aromatic carbocycles. The average molecular weight is 172 g/mol. The van der Waals surface area contributed by atoms with Gasteiger partial charge in [0.05, 0.1) is 0 Å². The molecule has 0 aromatic heterocycles. The largest absolute Gasteiger partial charge is 2.00 e. The van der Waals surface area contributed by atoms with Gasteiger partial charge >= 0.3 is 23.1 Å². The Morgan fingerprint density at radius 1 is 1.00 bits per heavy atom. The van der Waals surface area contributed by atoms with Gasteiger partial charge in [0, 0.05) is 0 Å². The van der Waals surface area contributed by atoms with Gasteiger partial charge in [0.1, 0.15) is 0 Å². The predicted octanol–water partition coefficient (Wildman–Crippen LogP) is -1.66. The third kappa shape index (κ3) is 3.15. The minimum atomic E-state index is -1.85. The molecule has 0 saturated heterocycles. The van der Waals surface area contributed by atoms with Crippen LogP contribution in [0.3, 0.4) is 0 Å². The van der Waals surface area contributed by atoms with E-state index in [1.54, 1.807) is 12.1 Å². The van der Waals surface area contributed by atoms with E-state index in [0.29, 0.717) is 5.46 Å². The maximum absolute atomic E-state index is 10.5. The van der Waals surface area contributed by atoms with E-state index in [4.69, 9.17) is 0 Å². The fourth-order valence-corrected chi connectivity index (χ4v) is 1.15. The van der Waals surface area contributed by atoms with Crippen LogP contribution in [0.15, 0.2) is 18.2 Å². The first-order valence-electron chi connectivity index (χ1n) is 3.49. The van der Waals surface area contributed by atoms with Gasteiger partial charge < -0.3 is 10.0 Å². The zero-order chi connectivity index (χ0) is 8.43. The topological polar surface area (TPSA) is 46.1 Å². The molecule has 4 heteroatoms. The monoisotopic (exact) mass is 172 g/mol. The quantitative estimate of drug-likeness (QED) is 0.476. The van der Waals surface area contributed by atoms with E-state index in [-0.39, 0.29) is 23.1 Å². The van der Waals surface area contributed by atoms with Crippen molar-refractivity contribution >= 4 is 35.6 Å². The van der Waals surface area contributed by atoms with Crippen molar-refractivity contribution in [3.05, 3.63) is 29.3 Å². The third-order valence-corrected chi connectivity index (χ3v) is 1.52. The molecule has 0 N–H and O–H groups in total. The average Bonchev–Trinajstić information content (AvgIpc) is 1.85. The van der Waals surface area contributed by atoms with Crippen molar-refractivity contribution in [2.75, 3.05) is 0 Å². The maximum Gasteiger partial charge on any atom is 2.00 e. The van der Waals surface area contributed by atoms with Crippen LogP contribution in [-0.2, 0) is 0 Å². The summed E-state index contributed by atoms with van der Waals surface area (Å²) in [5.41, 5.74) is 2.27. The van der Waals surface area contributed by atoms with Gasteiger partial charge in [-0.2, -0.15) is 0 Å². The van der Waals surface area contributed by atoms with E-state index in [1.807, 2.05) is 19.9 Å². The van der Waals surface area contributed by atoms with Crippen molar-refractivity contribution in [2.24, 2.45) is 0 Å². The molecule has 0 aliphatic carbocycles. The van der Waals surface area contributed by atoms with Crippen molar-refractivity contribution in [3.63, 3.8) is 0 Å². The summed E-state index contributed by atoms with van der Waals surface area (Å²) in [6.07, 6.45) is 0. The van der Waals surface area contributed by atoms with E-state index >= 15 is 0 Å². The van der Waals surface area contributed by atoms with E-state index in [2.05, 4.69) is 0 Å². The van der Waals surface area contributed by atoms with Crippen LogP contribution in [0.5, 0.6) is 0 Å². The van der Waals surface area contributed by atoms with Crippen LogP contribution in [0, 0.1) is 13.8 Å². The van der Waals surface area contributed by atoms with E-state index in [1.165, 1.54) is 0 Å². The van der Waals surface area contributed by atoms with Gasteiger partial charge in [0.15, 0.2) is 0 Å². The van der Waals surface area contributed by atoms with Gasteiger partial charge in [-0.15, -0.1) is 5.46 Å². The summed E-state index contributed by atoms with van der Waals surface area (Å²) in [7, 11) is -1.85. The summed E-state index contributed by atoms with van der Waals surface area (Å²) in [5, 5.41) is 21.0. The number of benzene rings is 1. The van der Waals surface area contributed by atoms with Crippen molar-refractivity contribution in [2.45, 2.75) is 13.8 Å². The summed E-state index contributed by atoms with van der Waals surface area (Å²) in [6, 6.07) is 5.21. The molecule has 58 valence electrons. The molecule has 1 rings (SSSR count). The Morgan fingerprint density at radius 2 is 1.42 bits per heavy atom. The molecule has 0 saturated carbocycles. The minimum Gasteiger partial charge on any atom is -0.889 e. The number of aryl methyl sites for hydroxylation is 2. The van der Waals surface area contributed by atoms with Crippen molar-refractivity contribution in [1.29, 1.82) is 0 Å². The van der Waals surface area contributed by atoms with Gasteiger partial charge in [-0.3, -0.25) is 0 Å². The van der Waals surface area contributed by atoms with Gasteiger partial charge in [0.2, 0.25) is 0 Å². The Labute approximate surface area is 88.9 Å². The van der Waals surface area contributed by atoms with E-state index in [0.717, 1.165) is 11.1 Å². The Balaban J connectivity index is 0.00000121. The Kier molecular flexibility index (Phi) is 4.85. The standard InChI is InChI=1S/C8H9BO2.Mg/c1-6-3-7(2)5-8(4-6)9(10)11;/h3-5H,1-2H3;/q-2;+2. The fourth-order valence-electron chi connectivity index (χ4n) is 1.15. The first-order chi connectivity index (χ1) is 5.09. The molecule has 0 fully saturated rings. The third-order valence-electron chi connectivity index (χ3n) is 1.52. The molecule has 0 unspecified atom stereocenters. The van der Waals surface area contributed by atoms with Crippen molar-refractivity contribution in [1.82, 2.24) is 0 Å². The van der Waals surface area contributed by atoms with Crippen LogP contribution in [0.4, 0.5) is 0 Å². The number of hydrogen-bond donors (Lipinski definition) is 0. The minimum absolute atomic E-state index is 0. The summed E-state index contributed by atoms with van der Waals surface area (Å²) in [6.45, 7) is 3.75. The van der Waals surface area contributed by atoms with E-state index < -0.39 is 7.12 Å². The molecule has 0 bridgehead atoms. The zero-order valence-electron chi connectivity index (χ0n) is 7.33. The first-order valence-corrected chi connectivity index (χ1v) is 3.49. The smallest absolute Gasteiger partial charge is 0.889 e. The van der Waals surface area contributed by atoms with Crippen LogP contribution in [-0.4, -0.2) is 30.2 Å². The molecule has 0 aliphatic heterocycles. The normalized spacial score (nSPS) is 9.00. The summed E-state index contributed by atoms with van der Waals surface area (Å²) < 4.78 is 0. The number of hydrogen-bond acceptors (Lipinski definition) is 2. The second-order valence-electron chi connectivity index (χ2n) is 2.75. The predicted molar refractivity (Wildman–Crippen MR) is 47.1 cm³/mol. The summed E-state index contributed by atoms with van der Waals surface area (Å²) >= 11 is 0. The van der Waals surface area contributed by atoms with Gasteiger partial charge in [-0.05, 0) is 13.8 Å². The molecule has 0 heterocycles. The number of rotatable bonds is 1. The summed E-state index contributed by atoms with van der Waals surface area (Å²) in [4.78, 5) is 0. The second kappa shape index (κ2) is 4.87. The van der Waals surface area contributed by atoms with E-state index in [9.17, 15) is 10.0 Å². The molecule has 0 spiro atoms. The van der Waals surface area contributed by atoms with Gasteiger partial charge in [0.25, 0.3) is 0 Å². The van der Waals surface area contributed by atoms with Gasteiger partial charge in [-0.1, -0.05) is 36.4 Å². The second-order valence-corrected chi connectivity index (χ2v) is 2.75. The van der Waals surface area contributed by atoms with Crippen LogP contribution in [0.2, 0.25) is 0 Å². The molecule has 0 radical (unpaired) electrons. The summed E-state index contributed by atoms with van der Waals surface area (Å²) in [5.74, 6) is 0. The van der Waals surface area contributed by atoms with Crippen molar-refractivity contribution < 1.29 is 10.0 Å². The molecule has 2 nitrogen and oxygen atoms in total. The first kappa shape index (κ1) is 12.0. The maximum atomic E-state index is 10.5. The van der Waals surface area contributed by atoms with Crippen LogP contribution in [0.25, 0.3) is 0 Å². The molecule has 0 amide bonds. The molecular formula is C8H9BMgO2. The fraction of sp³-hybridized carbons (Fsp3) is 0.250. The molecule has 0 atom stereocenters.